The molecule has 1 atom stereocenters. The number of hydrogen-bond acceptors (Lipinski definition) is 5. The van der Waals surface area contributed by atoms with Crippen molar-refractivity contribution in [3.05, 3.63) is 35.6 Å². The maximum Gasteiger partial charge on any atom is 0.351 e. The Balaban J connectivity index is 3.10. The van der Waals surface area contributed by atoms with Crippen molar-refractivity contribution in [2.45, 2.75) is 18.8 Å². The first-order valence-corrected chi connectivity index (χ1v) is 9.09. The zero-order valence-electron chi connectivity index (χ0n) is 11.7. The van der Waals surface area contributed by atoms with Crippen LogP contribution in [0.2, 0.25) is 0 Å². The zero-order valence-corrected chi connectivity index (χ0v) is 13.4. The number of carbonyl (C=O) groups is 1. The molecule has 0 saturated heterocycles. The van der Waals surface area contributed by atoms with E-state index in [4.69, 9.17) is 9.05 Å². The fourth-order valence-electron chi connectivity index (χ4n) is 1.70. The Labute approximate surface area is 122 Å². The maximum absolute atomic E-state index is 13.2. The number of hydrogen-bond donors (Lipinski definition) is 0. The minimum absolute atomic E-state index is 0.156. The monoisotopic (exact) mass is 320 g/mol. The molecule has 0 aliphatic heterocycles. The highest BCUT2D eigenvalue weighted by Gasteiger charge is 2.40. The van der Waals surface area contributed by atoms with Gasteiger partial charge in [0, 0.05) is 5.56 Å². The number of carbonyl (C=O) groups excluding carboxylic acids is 1. The summed E-state index contributed by atoms with van der Waals surface area (Å²) in [6, 6.07) is 5.28. The van der Waals surface area contributed by atoms with Crippen LogP contribution in [-0.2, 0) is 13.6 Å². The predicted molar refractivity (Wildman–Crippen MR) is 78.9 cm³/mol. The molecule has 0 spiro atoms. The molecule has 7 heteroatoms. The van der Waals surface area contributed by atoms with Crippen LogP contribution >= 0.6 is 19.4 Å². The fraction of sp³-hybridized carbons (Fsp3) is 0.462. The summed E-state index contributed by atoms with van der Waals surface area (Å²) in [4.78, 5) is 11.4. The van der Waals surface area contributed by atoms with Crippen molar-refractivity contribution in [3.8, 4) is 0 Å². The highest BCUT2D eigenvalue weighted by molar-refractivity contribution is 8.05. The molecule has 0 heterocycles. The largest absolute Gasteiger partial charge is 0.351 e. The van der Waals surface area contributed by atoms with Crippen LogP contribution in [0.4, 0.5) is 4.39 Å². The number of thioether (sulfide) groups is 1. The molecule has 0 aliphatic carbocycles. The topological polar surface area (TPSA) is 52.6 Å². The summed E-state index contributed by atoms with van der Waals surface area (Å²) in [7, 11) is -3.58. The minimum atomic E-state index is -3.58. The van der Waals surface area contributed by atoms with Crippen LogP contribution in [0.5, 0.6) is 0 Å². The molecule has 1 aromatic carbocycles. The second-order valence-corrected chi connectivity index (χ2v) is 7.24. The van der Waals surface area contributed by atoms with Gasteiger partial charge in [-0.1, -0.05) is 12.1 Å². The summed E-state index contributed by atoms with van der Waals surface area (Å²) in [5.41, 5.74) is 0.156. The van der Waals surface area contributed by atoms with Gasteiger partial charge in [0.25, 0.3) is 0 Å². The SMILES string of the molecule is CCOP(=O)(OCC)C(SC)C(=O)c1cccc(F)c1. The lowest BCUT2D eigenvalue weighted by atomic mass is 10.1. The molecule has 4 nitrogen and oxygen atoms in total. The van der Waals surface area contributed by atoms with Gasteiger partial charge in [0.05, 0.1) is 13.2 Å². The van der Waals surface area contributed by atoms with Gasteiger partial charge in [-0.3, -0.25) is 9.36 Å². The molecule has 1 unspecified atom stereocenters. The number of ketones is 1. The Kier molecular flexibility index (Phi) is 6.89. The first-order chi connectivity index (χ1) is 9.48. The van der Waals surface area contributed by atoms with E-state index in [1.807, 2.05) is 0 Å². The lowest BCUT2D eigenvalue weighted by Crippen LogP contribution is -2.20. The summed E-state index contributed by atoms with van der Waals surface area (Å²) in [6.07, 6.45) is 1.65. The van der Waals surface area contributed by atoms with E-state index in [9.17, 15) is 13.8 Å². The van der Waals surface area contributed by atoms with Gasteiger partial charge in [0.2, 0.25) is 0 Å². The summed E-state index contributed by atoms with van der Waals surface area (Å²) in [5, 5.41) is 0. The smallest absolute Gasteiger partial charge is 0.308 e. The molecule has 0 radical (unpaired) electrons. The summed E-state index contributed by atoms with van der Waals surface area (Å²) in [5.74, 6) is -0.972. The van der Waals surface area contributed by atoms with Gasteiger partial charge in [-0.05, 0) is 32.2 Å². The molecule has 1 aromatic rings. The van der Waals surface area contributed by atoms with Crippen molar-refractivity contribution >= 4 is 25.1 Å². The van der Waals surface area contributed by atoms with Crippen LogP contribution in [0.15, 0.2) is 24.3 Å². The molecular weight excluding hydrogens is 302 g/mol. The van der Waals surface area contributed by atoms with E-state index in [2.05, 4.69) is 0 Å². The van der Waals surface area contributed by atoms with Gasteiger partial charge < -0.3 is 9.05 Å². The zero-order chi connectivity index (χ0) is 15.2. The van der Waals surface area contributed by atoms with Crippen LogP contribution in [0.3, 0.4) is 0 Å². The number of halogens is 1. The van der Waals surface area contributed by atoms with E-state index in [1.54, 1.807) is 20.1 Å². The van der Waals surface area contributed by atoms with Crippen molar-refractivity contribution in [1.29, 1.82) is 0 Å². The Morgan fingerprint density at radius 3 is 2.40 bits per heavy atom. The van der Waals surface area contributed by atoms with Gasteiger partial charge in [-0.25, -0.2) is 4.39 Å². The molecule has 0 aromatic heterocycles. The Hall–Kier alpha value is -0.680. The van der Waals surface area contributed by atoms with Crippen LogP contribution in [-0.4, -0.2) is 30.2 Å². The Morgan fingerprint density at radius 2 is 1.95 bits per heavy atom. The Morgan fingerprint density at radius 1 is 1.35 bits per heavy atom. The van der Waals surface area contributed by atoms with Crippen molar-refractivity contribution < 1.29 is 22.8 Å². The van der Waals surface area contributed by atoms with E-state index >= 15 is 0 Å². The van der Waals surface area contributed by atoms with Crippen LogP contribution in [0, 0.1) is 5.82 Å². The van der Waals surface area contributed by atoms with Crippen LogP contribution in [0.25, 0.3) is 0 Å². The molecule has 0 N–H and O–H groups in total. The third-order valence-corrected chi connectivity index (χ3v) is 6.57. The lowest BCUT2D eigenvalue weighted by Gasteiger charge is -2.23. The molecule has 0 bridgehead atoms. The molecule has 0 aliphatic rings. The minimum Gasteiger partial charge on any atom is -0.308 e. The predicted octanol–water partition coefficient (Wildman–Crippen LogP) is 3.96. The van der Waals surface area contributed by atoms with Gasteiger partial charge in [0.15, 0.2) is 10.8 Å². The summed E-state index contributed by atoms with van der Waals surface area (Å²) < 4.78 is 36.2. The first-order valence-electron chi connectivity index (χ1n) is 6.19. The van der Waals surface area contributed by atoms with Crippen LogP contribution < -0.4 is 0 Å². The standard InChI is InChI=1S/C13H18FO4PS/c1-4-17-19(16,18-5-2)13(20-3)12(15)10-7-6-8-11(14)9-10/h6-9,13H,4-5H2,1-3H3. The third kappa shape index (κ3) is 4.16. The number of benzene rings is 1. The molecule has 0 fully saturated rings. The fourth-order valence-corrected chi connectivity index (χ4v) is 4.95. The van der Waals surface area contributed by atoms with Gasteiger partial charge in [-0.15, -0.1) is 11.8 Å². The van der Waals surface area contributed by atoms with E-state index in [0.29, 0.717) is 0 Å². The van der Waals surface area contributed by atoms with E-state index in [1.165, 1.54) is 18.2 Å². The quantitative estimate of drug-likeness (QED) is 0.536. The summed E-state index contributed by atoms with van der Waals surface area (Å²) in [6.45, 7) is 3.70. The van der Waals surface area contributed by atoms with Crippen molar-refractivity contribution in [1.82, 2.24) is 0 Å². The second kappa shape index (κ2) is 7.93. The van der Waals surface area contributed by atoms with Crippen LogP contribution in [0.1, 0.15) is 24.2 Å². The van der Waals surface area contributed by atoms with Crippen molar-refractivity contribution in [2.24, 2.45) is 0 Å². The average Bonchev–Trinajstić information content (AvgIpc) is 2.39. The Bertz CT molecular complexity index is 499. The van der Waals surface area contributed by atoms with E-state index in [-0.39, 0.29) is 18.8 Å². The molecular formula is C13H18FO4PS. The van der Waals surface area contributed by atoms with Crippen molar-refractivity contribution in [3.63, 3.8) is 0 Å². The lowest BCUT2D eigenvalue weighted by molar-refractivity contribution is 0.0994. The van der Waals surface area contributed by atoms with Gasteiger partial charge >= 0.3 is 7.60 Å². The first kappa shape index (κ1) is 17.4. The molecule has 0 amide bonds. The molecule has 1 rings (SSSR count). The normalized spacial score (nSPS) is 13.2. The second-order valence-electron chi connectivity index (χ2n) is 3.84. The molecule has 20 heavy (non-hydrogen) atoms. The van der Waals surface area contributed by atoms with Gasteiger partial charge in [-0.2, -0.15) is 0 Å². The third-order valence-electron chi connectivity index (χ3n) is 2.46. The number of rotatable bonds is 8. The highest BCUT2D eigenvalue weighted by Crippen LogP contribution is 2.57. The average molecular weight is 320 g/mol. The molecule has 112 valence electrons. The summed E-state index contributed by atoms with van der Waals surface area (Å²) >= 11 is 1.08. The van der Waals surface area contributed by atoms with Gasteiger partial charge in [0.1, 0.15) is 5.82 Å². The van der Waals surface area contributed by atoms with Crippen molar-refractivity contribution in [2.75, 3.05) is 19.5 Å². The highest BCUT2D eigenvalue weighted by atomic mass is 32.2. The van der Waals surface area contributed by atoms with E-state index in [0.717, 1.165) is 17.8 Å². The molecule has 0 saturated carbocycles. The maximum atomic E-state index is 13.2. The van der Waals surface area contributed by atoms with E-state index < -0.39 is 24.2 Å². The number of Topliss-reactive ketones (excluding diaryl/α,β-unsaturated/α-hetero) is 1.